The summed E-state index contributed by atoms with van der Waals surface area (Å²) in [6.45, 7) is 7.14. The van der Waals surface area contributed by atoms with Gasteiger partial charge in [-0.2, -0.15) is 0 Å². The summed E-state index contributed by atoms with van der Waals surface area (Å²) in [5.74, 6) is 0.628. The maximum absolute atomic E-state index is 13.1. The van der Waals surface area contributed by atoms with Gasteiger partial charge in [-0.05, 0) is 69.4 Å². The van der Waals surface area contributed by atoms with Crippen LogP contribution in [-0.2, 0) is 34.2 Å². The zero-order valence-electron chi connectivity index (χ0n) is 23.9. The number of anilines is 1. The van der Waals surface area contributed by atoms with Crippen molar-refractivity contribution in [1.82, 2.24) is 9.88 Å². The topological polar surface area (TPSA) is 72.8 Å². The van der Waals surface area contributed by atoms with Crippen LogP contribution in [0.2, 0.25) is 0 Å². The van der Waals surface area contributed by atoms with Crippen molar-refractivity contribution in [2.24, 2.45) is 7.05 Å². The van der Waals surface area contributed by atoms with Crippen LogP contribution in [0.15, 0.2) is 54.7 Å². The molecule has 9 heteroatoms. The monoisotopic (exact) mass is 589 g/mol. The number of aromatic nitrogens is 1. The average Bonchev–Trinajstić information content (AvgIpc) is 3.22. The quantitative estimate of drug-likeness (QED) is 0.133. The predicted octanol–water partition coefficient (Wildman–Crippen LogP) is 6.46. The van der Waals surface area contributed by atoms with E-state index in [-0.39, 0.29) is 6.61 Å². The van der Waals surface area contributed by atoms with Crippen molar-refractivity contribution in [3.05, 3.63) is 65.9 Å². The Hall–Kier alpha value is -2.90. The second-order valence-electron chi connectivity index (χ2n) is 10.8. The molecule has 1 N–H and O–H groups in total. The van der Waals surface area contributed by atoms with Gasteiger partial charge in [-0.1, -0.05) is 30.3 Å². The number of amides is 1. The molecule has 0 aliphatic rings. The molecule has 40 heavy (non-hydrogen) atoms. The summed E-state index contributed by atoms with van der Waals surface area (Å²) in [5.41, 5.74) is 3.65. The Morgan fingerprint density at radius 1 is 1.00 bits per heavy atom. The van der Waals surface area contributed by atoms with Gasteiger partial charge >= 0.3 is 12.1 Å². The zero-order valence-corrected chi connectivity index (χ0v) is 25.4. The molecule has 3 aromatic rings. The van der Waals surface area contributed by atoms with Gasteiger partial charge in [0, 0.05) is 61.1 Å². The van der Waals surface area contributed by atoms with Crippen molar-refractivity contribution in [2.45, 2.75) is 58.1 Å². The Kier molecular flexibility index (Phi) is 12.0. The normalized spacial score (nSPS) is 12.2. The van der Waals surface area contributed by atoms with Crippen molar-refractivity contribution in [3.63, 3.8) is 0 Å². The summed E-state index contributed by atoms with van der Waals surface area (Å²) in [7, 11) is 1.96. The second kappa shape index (κ2) is 15.2. The van der Waals surface area contributed by atoms with E-state index in [0.29, 0.717) is 24.6 Å². The Balaban J connectivity index is 1.55. The van der Waals surface area contributed by atoms with Crippen molar-refractivity contribution in [3.8, 4) is 0 Å². The number of para-hydroxylation sites is 1. The molecule has 0 saturated heterocycles. The summed E-state index contributed by atoms with van der Waals surface area (Å²) < 4.78 is 13.0. The standard InChI is InChI=1S/C31H41Cl2N3O4/c1-31(2,3)40-30(38)34-27(21-24-22-35(4)28-11-6-5-10-26(24)28)29(37)39-20-8-7-9-23-12-14-25(15-13-23)36(18-16-32)19-17-33/h5-6,10-15,22,27H,7-9,16-21H2,1-4H3,(H,34,38)/t27-/m0/s1. The lowest BCUT2D eigenvalue weighted by Gasteiger charge is -2.23. The number of fused-ring (bicyclic) bond motifs is 1. The summed E-state index contributed by atoms with van der Waals surface area (Å²) >= 11 is 11.8. The molecule has 3 rings (SSSR count). The summed E-state index contributed by atoms with van der Waals surface area (Å²) in [6.07, 6.45) is 4.10. The van der Waals surface area contributed by atoms with Crippen molar-refractivity contribution >= 4 is 51.9 Å². The molecular formula is C31H41Cl2N3O4. The molecule has 0 aliphatic carbocycles. The van der Waals surface area contributed by atoms with E-state index in [9.17, 15) is 9.59 Å². The third-order valence-electron chi connectivity index (χ3n) is 6.49. The predicted molar refractivity (Wildman–Crippen MR) is 164 cm³/mol. The van der Waals surface area contributed by atoms with Crippen LogP contribution < -0.4 is 10.2 Å². The Bertz CT molecular complexity index is 1230. The minimum Gasteiger partial charge on any atom is -0.464 e. The highest BCUT2D eigenvalue weighted by atomic mass is 35.5. The lowest BCUT2D eigenvalue weighted by Crippen LogP contribution is -2.45. The highest BCUT2D eigenvalue weighted by Gasteiger charge is 2.27. The average molecular weight is 591 g/mol. The number of hydrogen-bond donors (Lipinski definition) is 1. The molecular weight excluding hydrogens is 549 g/mol. The number of unbranched alkanes of at least 4 members (excludes halogenated alkanes) is 1. The van der Waals surface area contributed by atoms with E-state index in [1.807, 2.05) is 42.1 Å². The zero-order chi connectivity index (χ0) is 29.1. The first-order chi connectivity index (χ1) is 19.1. The maximum atomic E-state index is 13.1. The molecule has 218 valence electrons. The van der Waals surface area contributed by atoms with Gasteiger partial charge < -0.3 is 24.3 Å². The van der Waals surface area contributed by atoms with E-state index in [2.05, 4.69) is 34.5 Å². The molecule has 2 aromatic carbocycles. The fourth-order valence-corrected chi connectivity index (χ4v) is 5.01. The number of nitrogens with zero attached hydrogens (tertiary/aromatic N) is 2. The van der Waals surface area contributed by atoms with Crippen LogP contribution in [-0.4, -0.2) is 59.7 Å². The number of hydrogen-bond acceptors (Lipinski definition) is 5. The second-order valence-corrected chi connectivity index (χ2v) is 11.6. The van der Waals surface area contributed by atoms with Gasteiger partial charge in [0.2, 0.25) is 0 Å². The number of benzene rings is 2. The molecule has 0 bridgehead atoms. The number of nitrogens with one attached hydrogen (secondary N) is 1. The third kappa shape index (κ3) is 9.63. The SMILES string of the molecule is Cn1cc(C[C@H](NC(=O)OC(C)(C)C)C(=O)OCCCCc2ccc(N(CCCl)CCCl)cc2)c2ccccc21. The van der Waals surface area contributed by atoms with Gasteiger partial charge in [0.05, 0.1) is 6.61 Å². The van der Waals surface area contributed by atoms with Gasteiger partial charge in [-0.3, -0.25) is 0 Å². The molecule has 1 atom stereocenters. The van der Waals surface area contributed by atoms with E-state index in [1.165, 1.54) is 5.56 Å². The number of ether oxygens (including phenoxy) is 2. The van der Waals surface area contributed by atoms with E-state index < -0.39 is 23.7 Å². The lowest BCUT2D eigenvalue weighted by molar-refractivity contribution is -0.146. The first-order valence-corrected chi connectivity index (χ1v) is 14.8. The van der Waals surface area contributed by atoms with Gasteiger partial charge in [-0.25, -0.2) is 9.59 Å². The highest BCUT2D eigenvalue weighted by molar-refractivity contribution is 6.18. The van der Waals surface area contributed by atoms with Crippen LogP contribution in [0.4, 0.5) is 10.5 Å². The van der Waals surface area contributed by atoms with Crippen molar-refractivity contribution < 1.29 is 19.1 Å². The van der Waals surface area contributed by atoms with Gasteiger partial charge in [0.1, 0.15) is 11.6 Å². The van der Waals surface area contributed by atoms with E-state index in [1.54, 1.807) is 20.8 Å². The number of carbonyl (C=O) groups excluding carboxylic acids is 2. The molecule has 0 spiro atoms. The molecule has 0 unspecified atom stereocenters. The van der Waals surface area contributed by atoms with E-state index in [0.717, 1.165) is 48.1 Å². The number of halogens is 2. The number of alkyl halides is 2. The summed E-state index contributed by atoms with van der Waals surface area (Å²) in [4.78, 5) is 27.8. The van der Waals surface area contributed by atoms with Crippen LogP contribution in [0.1, 0.15) is 44.7 Å². The van der Waals surface area contributed by atoms with Crippen LogP contribution in [0.25, 0.3) is 10.9 Å². The van der Waals surface area contributed by atoms with Crippen molar-refractivity contribution in [2.75, 3.05) is 36.4 Å². The number of aryl methyl sites for hydroxylation is 2. The van der Waals surface area contributed by atoms with Gasteiger partial charge in [0.15, 0.2) is 0 Å². The molecule has 0 aliphatic heterocycles. The fourth-order valence-electron chi connectivity index (χ4n) is 4.60. The van der Waals surface area contributed by atoms with Crippen LogP contribution in [0, 0.1) is 0 Å². The van der Waals surface area contributed by atoms with E-state index >= 15 is 0 Å². The number of rotatable bonds is 14. The van der Waals surface area contributed by atoms with E-state index in [4.69, 9.17) is 32.7 Å². The molecule has 7 nitrogen and oxygen atoms in total. The largest absolute Gasteiger partial charge is 0.464 e. The molecule has 0 fully saturated rings. The Morgan fingerprint density at radius 2 is 1.68 bits per heavy atom. The summed E-state index contributed by atoms with van der Waals surface area (Å²) in [6, 6.07) is 15.5. The number of alkyl carbamates (subject to hydrolysis) is 1. The first kappa shape index (κ1) is 31.6. The fraction of sp³-hybridized carbons (Fsp3) is 0.484. The molecule has 1 aromatic heterocycles. The Labute approximate surface area is 247 Å². The first-order valence-electron chi connectivity index (χ1n) is 13.8. The maximum Gasteiger partial charge on any atom is 0.408 e. The van der Waals surface area contributed by atoms with Crippen molar-refractivity contribution in [1.29, 1.82) is 0 Å². The van der Waals surface area contributed by atoms with Gasteiger partial charge in [-0.15, -0.1) is 23.2 Å². The lowest BCUT2D eigenvalue weighted by atomic mass is 10.0. The minimum atomic E-state index is -0.864. The number of esters is 1. The van der Waals surface area contributed by atoms with Crippen LogP contribution >= 0.6 is 23.2 Å². The minimum absolute atomic E-state index is 0.276. The third-order valence-corrected chi connectivity index (χ3v) is 6.83. The highest BCUT2D eigenvalue weighted by Crippen LogP contribution is 2.22. The summed E-state index contributed by atoms with van der Waals surface area (Å²) in [5, 5.41) is 3.76. The van der Waals surface area contributed by atoms with Gasteiger partial charge in [0.25, 0.3) is 0 Å². The Morgan fingerprint density at radius 3 is 2.33 bits per heavy atom. The molecule has 1 heterocycles. The van der Waals surface area contributed by atoms with Crippen LogP contribution in [0.5, 0.6) is 0 Å². The molecule has 1 amide bonds. The van der Waals surface area contributed by atoms with Crippen LogP contribution in [0.3, 0.4) is 0 Å². The molecule has 0 radical (unpaired) electrons. The smallest absolute Gasteiger partial charge is 0.408 e. The molecule has 0 saturated carbocycles. The number of carbonyl (C=O) groups is 2.